The van der Waals surface area contributed by atoms with Crippen LogP contribution in [0.25, 0.3) is 0 Å². The third-order valence-corrected chi connectivity index (χ3v) is 9.20. The molecule has 1 N–H and O–H groups in total. The first-order valence-electron chi connectivity index (χ1n) is 16.0. The normalized spacial score (nSPS) is 20.4. The number of methoxy groups -OCH3 is 2. The Kier molecular flexibility index (Phi) is 14.7. The number of aliphatic hydroxyl groups excluding tert-OH is 1. The molecule has 0 radical (unpaired) electrons. The predicted molar refractivity (Wildman–Crippen MR) is 180 cm³/mol. The van der Waals surface area contributed by atoms with Crippen LogP contribution in [-0.4, -0.2) is 76.0 Å². The summed E-state index contributed by atoms with van der Waals surface area (Å²) in [5.74, 6) is 2.06. The molecule has 1 aliphatic carbocycles. The predicted octanol–water partition coefficient (Wildman–Crippen LogP) is 6.58. The van der Waals surface area contributed by atoms with E-state index in [1.807, 2.05) is 32.2 Å². The summed E-state index contributed by atoms with van der Waals surface area (Å²) in [6.45, 7) is 9.02. The van der Waals surface area contributed by atoms with Crippen LogP contribution in [0.4, 0.5) is 5.69 Å². The van der Waals surface area contributed by atoms with Gasteiger partial charge in [-0.15, -0.1) is 0 Å². The van der Waals surface area contributed by atoms with Gasteiger partial charge in [0.05, 0.1) is 31.6 Å². The molecule has 0 bridgehead atoms. The fourth-order valence-corrected chi connectivity index (χ4v) is 6.37. The second kappa shape index (κ2) is 18.2. The lowest BCUT2D eigenvalue weighted by Crippen LogP contribution is -2.44. The molecule has 2 aromatic rings. The minimum atomic E-state index is -0.546. The zero-order valence-electron chi connectivity index (χ0n) is 27.7. The largest absolute Gasteiger partial charge is 0.491 e. The van der Waals surface area contributed by atoms with Crippen molar-refractivity contribution < 1.29 is 28.9 Å². The molecule has 9 heteroatoms. The van der Waals surface area contributed by atoms with E-state index in [0.717, 1.165) is 67.2 Å². The van der Waals surface area contributed by atoms with Gasteiger partial charge in [0.15, 0.2) is 0 Å². The lowest BCUT2D eigenvalue weighted by molar-refractivity contribution is -0.127. The lowest BCUT2D eigenvalue weighted by atomic mass is 9.70. The van der Waals surface area contributed by atoms with E-state index < -0.39 is 6.10 Å². The van der Waals surface area contributed by atoms with Crippen molar-refractivity contribution >= 4 is 29.7 Å². The average molecular weight is 643 g/mol. The molecule has 1 amide bonds. The fourth-order valence-electron chi connectivity index (χ4n) is 6.18. The lowest BCUT2D eigenvalue weighted by Gasteiger charge is -2.43. The molecule has 8 nitrogen and oxygen atoms in total. The van der Waals surface area contributed by atoms with Crippen LogP contribution in [-0.2, 0) is 25.5 Å². The molecular weight excluding hydrogens is 592 g/mol. The third kappa shape index (κ3) is 10.2. The number of amides is 1. The van der Waals surface area contributed by atoms with E-state index in [0.29, 0.717) is 31.5 Å². The SMILES string of the molecule is CCCc1cc(Cl)ccc1C1COc2ccc(C(C)O)cc2N(CC2CCC2C(/C=C/CCN(C)C(C)=O)OC)C1.COC=O. The first kappa shape index (κ1) is 36.4. The van der Waals surface area contributed by atoms with Gasteiger partial charge < -0.3 is 29.1 Å². The standard InChI is InChI=1S/C34H47ClN2O4.C2H4O2/c1-6-9-26-18-29(35)13-15-30(26)28-21-37(32-19-25(23(2)38)12-16-34(32)41-22-28)20-27-11-14-31(27)33(40-5)10-7-8-17-36(4)24(3)39;1-4-2-3/h7,10,12-13,15-16,18-19,23,27-28,31,33,38H,6,8-9,11,14,17,20-22H2,1-5H3;2H,1H3/b10-7+;. The summed E-state index contributed by atoms with van der Waals surface area (Å²) in [6.07, 6.45) is 8.98. The van der Waals surface area contributed by atoms with Gasteiger partial charge in [-0.2, -0.15) is 0 Å². The molecule has 2 aliphatic rings. The molecule has 1 aliphatic heterocycles. The topological polar surface area (TPSA) is 88.5 Å². The summed E-state index contributed by atoms with van der Waals surface area (Å²) >= 11 is 6.40. The summed E-state index contributed by atoms with van der Waals surface area (Å²) in [5.41, 5.74) is 4.56. The summed E-state index contributed by atoms with van der Waals surface area (Å²) in [4.78, 5) is 24.7. The number of carbonyl (C=O) groups is 2. The van der Waals surface area contributed by atoms with Crippen LogP contribution in [0.1, 0.15) is 75.2 Å². The number of benzene rings is 2. The van der Waals surface area contributed by atoms with E-state index in [9.17, 15) is 9.90 Å². The number of fused-ring (bicyclic) bond motifs is 1. The van der Waals surface area contributed by atoms with Gasteiger partial charge in [-0.05, 0) is 85.4 Å². The molecule has 0 aromatic heterocycles. The van der Waals surface area contributed by atoms with Gasteiger partial charge >= 0.3 is 0 Å². The van der Waals surface area contributed by atoms with E-state index in [1.54, 1.807) is 18.9 Å². The van der Waals surface area contributed by atoms with E-state index in [1.165, 1.54) is 18.2 Å². The van der Waals surface area contributed by atoms with Crippen LogP contribution in [0, 0.1) is 11.8 Å². The molecule has 4 rings (SSSR count). The maximum atomic E-state index is 11.5. The number of rotatable bonds is 13. The summed E-state index contributed by atoms with van der Waals surface area (Å²) in [5, 5.41) is 11.1. The Morgan fingerprint density at radius 3 is 2.58 bits per heavy atom. The van der Waals surface area contributed by atoms with E-state index in [-0.39, 0.29) is 17.9 Å². The highest BCUT2D eigenvalue weighted by Gasteiger charge is 2.38. The third-order valence-electron chi connectivity index (χ3n) is 8.97. The molecule has 1 fully saturated rings. The maximum absolute atomic E-state index is 11.5. The van der Waals surface area contributed by atoms with Gasteiger partial charge in [0.1, 0.15) is 5.75 Å². The zero-order valence-corrected chi connectivity index (χ0v) is 28.5. The fraction of sp³-hybridized carbons (Fsp3) is 0.556. The highest BCUT2D eigenvalue weighted by molar-refractivity contribution is 6.30. The van der Waals surface area contributed by atoms with Gasteiger partial charge in [-0.25, -0.2) is 0 Å². The average Bonchev–Trinajstić information content (AvgIpc) is 3.19. The number of aryl methyl sites for hydroxylation is 1. The molecule has 5 atom stereocenters. The molecule has 5 unspecified atom stereocenters. The second-order valence-electron chi connectivity index (χ2n) is 12.1. The summed E-state index contributed by atoms with van der Waals surface area (Å²) in [7, 11) is 4.94. The van der Waals surface area contributed by atoms with Crippen molar-refractivity contribution in [2.45, 2.75) is 71.0 Å². The van der Waals surface area contributed by atoms with Crippen molar-refractivity contribution in [2.24, 2.45) is 11.8 Å². The molecule has 1 heterocycles. The number of hydrogen-bond donors (Lipinski definition) is 1. The Labute approximate surface area is 274 Å². The Balaban J connectivity index is 0.00000130. The summed E-state index contributed by atoms with van der Waals surface area (Å²) in [6, 6.07) is 12.4. The maximum Gasteiger partial charge on any atom is 0.292 e. The van der Waals surface area contributed by atoms with E-state index >= 15 is 0 Å². The van der Waals surface area contributed by atoms with Gasteiger partial charge in [-0.3, -0.25) is 9.59 Å². The highest BCUT2D eigenvalue weighted by Crippen LogP contribution is 2.43. The number of halogens is 1. The number of anilines is 1. The Hall–Kier alpha value is -3.07. The molecule has 248 valence electrons. The molecule has 0 spiro atoms. The van der Waals surface area contributed by atoms with Crippen LogP contribution in [0.3, 0.4) is 0 Å². The van der Waals surface area contributed by atoms with Crippen molar-refractivity contribution in [1.29, 1.82) is 0 Å². The molecular formula is C36H51ClN2O6. The molecule has 2 aromatic carbocycles. The smallest absolute Gasteiger partial charge is 0.292 e. The number of aliphatic hydroxyl groups is 1. The second-order valence-corrected chi connectivity index (χ2v) is 12.5. The Morgan fingerprint density at radius 2 is 1.98 bits per heavy atom. The molecule has 45 heavy (non-hydrogen) atoms. The number of ether oxygens (including phenoxy) is 3. The Bertz CT molecular complexity index is 1270. The minimum absolute atomic E-state index is 0.0473. The van der Waals surface area contributed by atoms with Crippen LogP contribution in [0.5, 0.6) is 5.75 Å². The van der Waals surface area contributed by atoms with Crippen molar-refractivity contribution in [3.8, 4) is 5.75 Å². The van der Waals surface area contributed by atoms with Crippen molar-refractivity contribution in [1.82, 2.24) is 4.90 Å². The monoisotopic (exact) mass is 642 g/mol. The van der Waals surface area contributed by atoms with Crippen molar-refractivity contribution in [3.05, 3.63) is 70.3 Å². The van der Waals surface area contributed by atoms with E-state index in [2.05, 4.69) is 46.9 Å². The number of hydrogen-bond acceptors (Lipinski definition) is 7. The molecule has 1 saturated carbocycles. The first-order valence-corrected chi connectivity index (χ1v) is 16.4. The van der Waals surface area contributed by atoms with Crippen LogP contribution < -0.4 is 9.64 Å². The quantitative estimate of drug-likeness (QED) is 0.195. The molecule has 0 saturated heterocycles. The van der Waals surface area contributed by atoms with Gasteiger partial charge in [0.2, 0.25) is 5.91 Å². The minimum Gasteiger partial charge on any atom is -0.491 e. The zero-order chi connectivity index (χ0) is 32.9. The van der Waals surface area contributed by atoms with Crippen molar-refractivity contribution in [3.63, 3.8) is 0 Å². The van der Waals surface area contributed by atoms with Crippen molar-refractivity contribution in [2.75, 3.05) is 52.4 Å². The van der Waals surface area contributed by atoms with Crippen LogP contribution >= 0.6 is 11.6 Å². The first-order chi connectivity index (χ1) is 21.6. The van der Waals surface area contributed by atoms with Crippen LogP contribution in [0.2, 0.25) is 5.02 Å². The Morgan fingerprint density at radius 1 is 1.22 bits per heavy atom. The van der Waals surface area contributed by atoms with Gasteiger partial charge in [-0.1, -0.05) is 49.2 Å². The van der Waals surface area contributed by atoms with E-state index in [4.69, 9.17) is 25.9 Å². The van der Waals surface area contributed by atoms with Gasteiger partial charge in [0.25, 0.3) is 6.47 Å². The van der Waals surface area contributed by atoms with Gasteiger partial charge in [0, 0.05) is 51.7 Å². The van der Waals surface area contributed by atoms with Crippen LogP contribution in [0.15, 0.2) is 48.6 Å². The number of carbonyl (C=O) groups excluding carboxylic acids is 2. The number of nitrogens with zero attached hydrogens (tertiary/aromatic N) is 2. The summed E-state index contributed by atoms with van der Waals surface area (Å²) < 4.78 is 16.3. The highest BCUT2D eigenvalue weighted by atomic mass is 35.5.